The Balaban J connectivity index is 0.00000243. The fraction of sp³-hybridized carbons (Fsp3) is 0.600. The molecule has 2 fully saturated rings. The summed E-state index contributed by atoms with van der Waals surface area (Å²) < 4.78 is 0. The molecule has 0 aromatic heterocycles. The molecule has 1 aromatic rings. The van der Waals surface area contributed by atoms with E-state index in [1.807, 2.05) is 23.1 Å². The molecule has 0 saturated carbocycles. The average Bonchev–Trinajstić information content (AvgIpc) is 2.68. The molecule has 1 aromatic carbocycles. The van der Waals surface area contributed by atoms with E-state index in [9.17, 15) is 9.59 Å². The van der Waals surface area contributed by atoms with E-state index in [2.05, 4.69) is 22.8 Å². The fourth-order valence-electron chi connectivity index (χ4n) is 3.70. The van der Waals surface area contributed by atoms with Crippen molar-refractivity contribution in [1.82, 2.24) is 15.5 Å². The summed E-state index contributed by atoms with van der Waals surface area (Å²) in [5.41, 5.74) is 1.21. The third-order valence-corrected chi connectivity index (χ3v) is 5.29. The summed E-state index contributed by atoms with van der Waals surface area (Å²) in [5, 5.41) is 6.46. The van der Waals surface area contributed by atoms with E-state index in [1.165, 1.54) is 5.56 Å². The first-order valence-corrected chi connectivity index (χ1v) is 9.58. The molecule has 2 amide bonds. The van der Waals surface area contributed by atoms with Gasteiger partial charge in [-0.1, -0.05) is 36.8 Å². The molecular formula is C20H30ClN3O2. The zero-order valence-corrected chi connectivity index (χ0v) is 16.1. The molecule has 1 atom stereocenters. The van der Waals surface area contributed by atoms with E-state index < -0.39 is 0 Å². The van der Waals surface area contributed by atoms with Gasteiger partial charge in [0, 0.05) is 25.6 Å². The van der Waals surface area contributed by atoms with Crippen LogP contribution >= 0.6 is 12.4 Å². The van der Waals surface area contributed by atoms with Crippen LogP contribution in [0.2, 0.25) is 0 Å². The van der Waals surface area contributed by atoms with Crippen molar-refractivity contribution in [3.8, 4) is 0 Å². The van der Waals surface area contributed by atoms with Crippen molar-refractivity contribution in [3.05, 3.63) is 35.9 Å². The van der Waals surface area contributed by atoms with Gasteiger partial charge in [0.1, 0.15) is 0 Å². The number of likely N-dealkylation sites (tertiary alicyclic amines) is 1. The number of hydrogen-bond acceptors (Lipinski definition) is 3. The standard InChI is InChI=1S/C20H29N3O2.ClH/c24-19(10-9-16-6-2-1-3-7-16)23-14-11-17(12-15-23)22-20(25)18-8-4-5-13-21-18;/h1-3,6-7,17-18,21H,4-5,8-15H2,(H,22,25);1H. The van der Waals surface area contributed by atoms with Gasteiger partial charge in [0.2, 0.25) is 11.8 Å². The maximum atomic E-state index is 12.4. The predicted molar refractivity (Wildman–Crippen MR) is 105 cm³/mol. The van der Waals surface area contributed by atoms with Crippen molar-refractivity contribution >= 4 is 24.2 Å². The largest absolute Gasteiger partial charge is 0.352 e. The summed E-state index contributed by atoms with van der Waals surface area (Å²) in [7, 11) is 0. The van der Waals surface area contributed by atoms with Crippen LogP contribution in [0.25, 0.3) is 0 Å². The number of carbonyl (C=O) groups is 2. The molecular weight excluding hydrogens is 350 g/mol. The molecule has 5 nitrogen and oxygen atoms in total. The number of rotatable bonds is 5. The lowest BCUT2D eigenvalue weighted by Gasteiger charge is -2.33. The number of piperidine rings is 2. The van der Waals surface area contributed by atoms with Gasteiger partial charge in [-0.3, -0.25) is 9.59 Å². The zero-order valence-electron chi connectivity index (χ0n) is 15.3. The van der Waals surface area contributed by atoms with Gasteiger partial charge < -0.3 is 15.5 Å². The molecule has 2 heterocycles. The van der Waals surface area contributed by atoms with Crippen molar-refractivity contribution in [2.75, 3.05) is 19.6 Å². The topological polar surface area (TPSA) is 61.4 Å². The lowest BCUT2D eigenvalue weighted by Crippen LogP contribution is -2.52. The Morgan fingerprint density at radius 3 is 2.46 bits per heavy atom. The molecule has 2 saturated heterocycles. The Labute approximate surface area is 162 Å². The maximum Gasteiger partial charge on any atom is 0.237 e. The highest BCUT2D eigenvalue weighted by molar-refractivity contribution is 5.85. The molecule has 0 spiro atoms. The summed E-state index contributed by atoms with van der Waals surface area (Å²) in [6.45, 7) is 2.43. The smallest absolute Gasteiger partial charge is 0.237 e. The number of carbonyl (C=O) groups excluding carboxylic acids is 2. The SMILES string of the molecule is Cl.O=C(NC1CCN(C(=O)CCc2ccccc2)CC1)C1CCCCN1. The van der Waals surface area contributed by atoms with E-state index in [-0.39, 0.29) is 36.3 Å². The second-order valence-corrected chi connectivity index (χ2v) is 7.15. The zero-order chi connectivity index (χ0) is 17.5. The van der Waals surface area contributed by atoms with Crippen LogP contribution in [0.15, 0.2) is 30.3 Å². The number of benzene rings is 1. The Bertz CT molecular complexity index is 568. The highest BCUT2D eigenvalue weighted by atomic mass is 35.5. The molecule has 26 heavy (non-hydrogen) atoms. The van der Waals surface area contributed by atoms with E-state index >= 15 is 0 Å². The van der Waals surface area contributed by atoms with Gasteiger partial charge in [-0.25, -0.2) is 0 Å². The van der Waals surface area contributed by atoms with Gasteiger partial charge >= 0.3 is 0 Å². The van der Waals surface area contributed by atoms with Gasteiger partial charge in [-0.2, -0.15) is 0 Å². The lowest BCUT2D eigenvalue weighted by molar-refractivity contribution is -0.132. The van der Waals surface area contributed by atoms with Crippen LogP contribution in [-0.4, -0.2) is 48.4 Å². The molecule has 6 heteroatoms. The molecule has 3 rings (SSSR count). The van der Waals surface area contributed by atoms with E-state index in [4.69, 9.17) is 0 Å². The van der Waals surface area contributed by atoms with Crippen LogP contribution in [0, 0.1) is 0 Å². The molecule has 2 aliphatic rings. The summed E-state index contributed by atoms with van der Waals surface area (Å²) in [4.78, 5) is 26.6. The Hall–Kier alpha value is -1.59. The summed E-state index contributed by atoms with van der Waals surface area (Å²) in [6, 6.07) is 10.3. The highest BCUT2D eigenvalue weighted by Crippen LogP contribution is 2.14. The number of hydrogen-bond donors (Lipinski definition) is 2. The first-order valence-electron chi connectivity index (χ1n) is 9.58. The molecule has 0 aliphatic carbocycles. The van der Waals surface area contributed by atoms with Gasteiger partial charge in [-0.05, 0) is 44.2 Å². The maximum absolute atomic E-state index is 12.4. The Kier molecular flexibility index (Phi) is 8.39. The van der Waals surface area contributed by atoms with Crippen molar-refractivity contribution in [2.24, 2.45) is 0 Å². The summed E-state index contributed by atoms with van der Waals surface area (Å²) in [5.74, 6) is 0.358. The van der Waals surface area contributed by atoms with Crippen molar-refractivity contribution in [2.45, 2.75) is 57.0 Å². The Morgan fingerprint density at radius 2 is 1.81 bits per heavy atom. The van der Waals surface area contributed by atoms with Crippen LogP contribution in [0.5, 0.6) is 0 Å². The fourth-order valence-corrected chi connectivity index (χ4v) is 3.70. The first kappa shape index (κ1) is 20.7. The molecule has 0 radical (unpaired) electrons. The molecule has 1 unspecified atom stereocenters. The first-order chi connectivity index (χ1) is 12.2. The normalized spacial score (nSPS) is 20.9. The number of aryl methyl sites for hydroxylation is 1. The summed E-state index contributed by atoms with van der Waals surface area (Å²) in [6.07, 6.45) is 6.29. The quantitative estimate of drug-likeness (QED) is 0.825. The van der Waals surface area contributed by atoms with Gasteiger partial charge in [0.05, 0.1) is 6.04 Å². The van der Waals surface area contributed by atoms with Gasteiger partial charge in [0.25, 0.3) is 0 Å². The predicted octanol–water partition coefficient (Wildman–Crippen LogP) is 2.29. The van der Waals surface area contributed by atoms with Crippen LogP contribution in [0.1, 0.15) is 44.1 Å². The van der Waals surface area contributed by atoms with Crippen LogP contribution in [-0.2, 0) is 16.0 Å². The minimum absolute atomic E-state index is 0. The van der Waals surface area contributed by atoms with Crippen LogP contribution in [0.3, 0.4) is 0 Å². The van der Waals surface area contributed by atoms with Gasteiger partial charge in [0.15, 0.2) is 0 Å². The second kappa shape index (κ2) is 10.5. The summed E-state index contributed by atoms with van der Waals surface area (Å²) >= 11 is 0. The van der Waals surface area contributed by atoms with Crippen molar-refractivity contribution in [3.63, 3.8) is 0 Å². The molecule has 144 valence electrons. The highest BCUT2D eigenvalue weighted by Gasteiger charge is 2.26. The molecule has 2 N–H and O–H groups in total. The number of nitrogens with one attached hydrogen (secondary N) is 2. The third kappa shape index (κ3) is 5.99. The van der Waals surface area contributed by atoms with Crippen molar-refractivity contribution < 1.29 is 9.59 Å². The Morgan fingerprint density at radius 1 is 1.08 bits per heavy atom. The molecule has 0 bridgehead atoms. The molecule has 2 aliphatic heterocycles. The van der Waals surface area contributed by atoms with E-state index in [0.29, 0.717) is 6.42 Å². The van der Waals surface area contributed by atoms with Crippen molar-refractivity contribution in [1.29, 1.82) is 0 Å². The number of halogens is 1. The van der Waals surface area contributed by atoms with Crippen LogP contribution in [0.4, 0.5) is 0 Å². The third-order valence-electron chi connectivity index (χ3n) is 5.29. The average molecular weight is 380 g/mol. The second-order valence-electron chi connectivity index (χ2n) is 7.15. The van der Waals surface area contributed by atoms with Crippen LogP contribution < -0.4 is 10.6 Å². The van der Waals surface area contributed by atoms with E-state index in [1.54, 1.807) is 0 Å². The minimum Gasteiger partial charge on any atom is -0.352 e. The number of amides is 2. The van der Waals surface area contributed by atoms with Gasteiger partial charge in [-0.15, -0.1) is 12.4 Å². The monoisotopic (exact) mass is 379 g/mol. The lowest BCUT2D eigenvalue weighted by atomic mass is 10.0. The minimum atomic E-state index is -0.0284. The number of nitrogens with zero attached hydrogens (tertiary/aromatic N) is 1. The van der Waals surface area contributed by atoms with E-state index in [0.717, 1.165) is 58.2 Å².